The molecule has 2 aromatic rings. The van der Waals surface area contributed by atoms with E-state index in [1.54, 1.807) is 10.7 Å². The van der Waals surface area contributed by atoms with Crippen molar-refractivity contribution in [3.05, 3.63) is 35.8 Å². The number of nitrogens with one attached hydrogen (secondary N) is 1. The Morgan fingerprint density at radius 2 is 2.05 bits per heavy atom. The van der Waals surface area contributed by atoms with Crippen LogP contribution < -0.4 is 5.32 Å². The zero-order valence-corrected chi connectivity index (χ0v) is 12.8. The Morgan fingerprint density at radius 1 is 1.35 bits per heavy atom. The van der Waals surface area contributed by atoms with Gasteiger partial charge in [0.1, 0.15) is 0 Å². The maximum absolute atomic E-state index is 11.3. The molecular formula is C13H18N4O2S. The SMILES string of the molecule is Cc1nn(C)cc1C(C)Nc1ccc(S(C)(=O)=O)nc1. The number of hydrogen-bond acceptors (Lipinski definition) is 5. The molecule has 0 aliphatic heterocycles. The van der Waals surface area contributed by atoms with Gasteiger partial charge in [-0.2, -0.15) is 5.10 Å². The van der Waals surface area contributed by atoms with E-state index in [1.165, 1.54) is 12.3 Å². The van der Waals surface area contributed by atoms with Crippen molar-refractivity contribution in [1.29, 1.82) is 0 Å². The van der Waals surface area contributed by atoms with Gasteiger partial charge in [-0.15, -0.1) is 0 Å². The molecule has 0 amide bonds. The first-order chi connectivity index (χ1) is 9.27. The molecule has 2 rings (SSSR count). The van der Waals surface area contributed by atoms with Crippen LogP contribution in [0.15, 0.2) is 29.6 Å². The molecule has 2 heterocycles. The largest absolute Gasteiger partial charge is 0.377 e. The number of aromatic nitrogens is 3. The highest BCUT2D eigenvalue weighted by Crippen LogP contribution is 2.21. The average Bonchev–Trinajstić information content (AvgIpc) is 2.68. The first kappa shape index (κ1) is 14.5. The quantitative estimate of drug-likeness (QED) is 0.928. The first-order valence-electron chi connectivity index (χ1n) is 6.20. The monoisotopic (exact) mass is 294 g/mol. The molecule has 7 heteroatoms. The van der Waals surface area contributed by atoms with E-state index in [4.69, 9.17) is 0 Å². The lowest BCUT2D eigenvalue weighted by Gasteiger charge is -2.14. The van der Waals surface area contributed by atoms with Crippen LogP contribution in [0.4, 0.5) is 5.69 Å². The lowest BCUT2D eigenvalue weighted by molar-refractivity contribution is 0.598. The van der Waals surface area contributed by atoms with Crippen LogP contribution in [0.25, 0.3) is 0 Å². The lowest BCUT2D eigenvalue weighted by atomic mass is 10.1. The topological polar surface area (TPSA) is 76.9 Å². The van der Waals surface area contributed by atoms with Gasteiger partial charge in [-0.25, -0.2) is 13.4 Å². The maximum Gasteiger partial charge on any atom is 0.192 e. The van der Waals surface area contributed by atoms with Crippen LogP contribution in [0.2, 0.25) is 0 Å². The Morgan fingerprint density at radius 3 is 2.50 bits per heavy atom. The Hall–Kier alpha value is -1.89. The normalized spacial score (nSPS) is 13.2. The van der Waals surface area contributed by atoms with E-state index in [9.17, 15) is 8.42 Å². The average molecular weight is 294 g/mol. The van der Waals surface area contributed by atoms with Crippen LogP contribution in [-0.2, 0) is 16.9 Å². The molecule has 0 aromatic carbocycles. The summed E-state index contributed by atoms with van der Waals surface area (Å²) in [6, 6.07) is 3.28. The van der Waals surface area contributed by atoms with Crippen molar-refractivity contribution >= 4 is 15.5 Å². The summed E-state index contributed by atoms with van der Waals surface area (Å²) in [5.74, 6) is 0. The van der Waals surface area contributed by atoms with Gasteiger partial charge in [0, 0.05) is 25.1 Å². The van der Waals surface area contributed by atoms with Crippen LogP contribution in [0.5, 0.6) is 0 Å². The summed E-state index contributed by atoms with van der Waals surface area (Å²) < 4.78 is 24.5. The third-order valence-corrected chi connectivity index (χ3v) is 4.02. The van der Waals surface area contributed by atoms with E-state index in [0.29, 0.717) is 0 Å². The molecule has 2 aromatic heterocycles. The fourth-order valence-corrected chi connectivity index (χ4v) is 2.62. The van der Waals surface area contributed by atoms with E-state index >= 15 is 0 Å². The van der Waals surface area contributed by atoms with Gasteiger partial charge in [-0.05, 0) is 26.0 Å². The lowest BCUT2D eigenvalue weighted by Crippen LogP contribution is -2.08. The standard InChI is InChI=1S/C13H18N4O2S/c1-9(12-8-17(3)16-10(12)2)15-11-5-6-13(14-7-11)20(4,18)19/h5-9,15H,1-4H3. The molecule has 108 valence electrons. The highest BCUT2D eigenvalue weighted by molar-refractivity contribution is 7.90. The second-order valence-electron chi connectivity index (χ2n) is 4.87. The minimum Gasteiger partial charge on any atom is -0.377 e. The summed E-state index contributed by atoms with van der Waals surface area (Å²) in [5.41, 5.74) is 2.83. The number of rotatable bonds is 4. The van der Waals surface area contributed by atoms with Gasteiger partial charge in [-0.3, -0.25) is 4.68 Å². The summed E-state index contributed by atoms with van der Waals surface area (Å²) >= 11 is 0. The fourth-order valence-electron chi connectivity index (χ4n) is 2.06. The zero-order chi connectivity index (χ0) is 14.9. The highest BCUT2D eigenvalue weighted by atomic mass is 32.2. The summed E-state index contributed by atoms with van der Waals surface area (Å²) in [6.45, 7) is 3.98. The summed E-state index contributed by atoms with van der Waals surface area (Å²) in [7, 11) is -1.38. The number of aryl methyl sites for hydroxylation is 2. The predicted octanol–water partition coefficient (Wildman–Crippen LogP) is 1.70. The van der Waals surface area contributed by atoms with E-state index in [-0.39, 0.29) is 11.1 Å². The Labute approximate surface area is 118 Å². The molecule has 0 aliphatic carbocycles. The smallest absolute Gasteiger partial charge is 0.192 e. The predicted molar refractivity (Wildman–Crippen MR) is 77.3 cm³/mol. The van der Waals surface area contributed by atoms with E-state index in [0.717, 1.165) is 23.2 Å². The molecule has 0 saturated carbocycles. The third-order valence-electron chi connectivity index (χ3n) is 3.02. The van der Waals surface area contributed by atoms with Gasteiger partial charge in [0.2, 0.25) is 0 Å². The van der Waals surface area contributed by atoms with Gasteiger partial charge < -0.3 is 5.32 Å². The third kappa shape index (κ3) is 3.16. The van der Waals surface area contributed by atoms with E-state index in [2.05, 4.69) is 15.4 Å². The summed E-state index contributed by atoms with van der Waals surface area (Å²) in [6.07, 6.45) is 4.63. The maximum atomic E-state index is 11.3. The van der Waals surface area contributed by atoms with Crippen molar-refractivity contribution in [3.8, 4) is 0 Å². The number of sulfone groups is 1. The Balaban J connectivity index is 2.16. The summed E-state index contributed by atoms with van der Waals surface area (Å²) in [4.78, 5) is 3.95. The highest BCUT2D eigenvalue weighted by Gasteiger charge is 2.13. The van der Waals surface area contributed by atoms with Crippen molar-refractivity contribution in [2.45, 2.75) is 24.9 Å². The van der Waals surface area contributed by atoms with Crippen LogP contribution in [0.3, 0.4) is 0 Å². The fraction of sp³-hybridized carbons (Fsp3) is 0.385. The van der Waals surface area contributed by atoms with Gasteiger partial charge in [-0.1, -0.05) is 0 Å². The van der Waals surface area contributed by atoms with Crippen LogP contribution in [0, 0.1) is 6.92 Å². The molecule has 0 aliphatic rings. The number of pyridine rings is 1. The van der Waals surface area contributed by atoms with Crippen LogP contribution >= 0.6 is 0 Å². The van der Waals surface area contributed by atoms with Crippen molar-refractivity contribution in [2.24, 2.45) is 7.05 Å². The van der Waals surface area contributed by atoms with Crippen molar-refractivity contribution in [3.63, 3.8) is 0 Å². The van der Waals surface area contributed by atoms with Gasteiger partial charge >= 0.3 is 0 Å². The number of anilines is 1. The molecule has 0 radical (unpaired) electrons. The second-order valence-corrected chi connectivity index (χ2v) is 6.83. The van der Waals surface area contributed by atoms with Crippen molar-refractivity contribution in [2.75, 3.05) is 11.6 Å². The van der Waals surface area contributed by atoms with Gasteiger partial charge in [0.15, 0.2) is 14.9 Å². The van der Waals surface area contributed by atoms with Crippen LogP contribution in [0.1, 0.15) is 24.2 Å². The molecular weight excluding hydrogens is 276 g/mol. The molecule has 0 bridgehead atoms. The second kappa shape index (κ2) is 5.24. The Kier molecular flexibility index (Phi) is 3.80. The number of nitrogens with zero attached hydrogens (tertiary/aromatic N) is 3. The molecule has 0 spiro atoms. The van der Waals surface area contributed by atoms with Crippen molar-refractivity contribution < 1.29 is 8.42 Å². The molecule has 1 atom stereocenters. The van der Waals surface area contributed by atoms with Crippen molar-refractivity contribution in [1.82, 2.24) is 14.8 Å². The Bertz CT molecular complexity index is 704. The van der Waals surface area contributed by atoms with Crippen LogP contribution in [-0.4, -0.2) is 29.4 Å². The van der Waals surface area contributed by atoms with E-state index in [1.807, 2.05) is 27.1 Å². The van der Waals surface area contributed by atoms with Gasteiger partial charge in [0.25, 0.3) is 0 Å². The van der Waals surface area contributed by atoms with E-state index < -0.39 is 9.84 Å². The number of hydrogen-bond donors (Lipinski definition) is 1. The minimum absolute atomic E-state index is 0.0644. The molecule has 20 heavy (non-hydrogen) atoms. The molecule has 1 N–H and O–H groups in total. The first-order valence-corrected chi connectivity index (χ1v) is 8.09. The molecule has 0 saturated heterocycles. The summed E-state index contributed by atoms with van der Waals surface area (Å²) in [5, 5.41) is 7.66. The molecule has 6 nitrogen and oxygen atoms in total. The molecule has 0 fully saturated rings. The zero-order valence-electron chi connectivity index (χ0n) is 12.0. The van der Waals surface area contributed by atoms with Gasteiger partial charge in [0.05, 0.1) is 23.6 Å². The minimum atomic E-state index is -3.26. The molecule has 1 unspecified atom stereocenters.